The summed E-state index contributed by atoms with van der Waals surface area (Å²) in [6.07, 6.45) is 11.6. The number of nitrogens with zero attached hydrogens (tertiary/aromatic N) is 8. The quantitative estimate of drug-likeness (QED) is 0.0501. The number of carbonyl (C=O) groups is 3. The molecule has 0 spiro atoms. The van der Waals surface area contributed by atoms with Crippen LogP contribution in [-0.2, 0) is 9.68 Å². The first-order valence-corrected chi connectivity index (χ1v) is 28.5. The number of amides is 2. The van der Waals surface area contributed by atoms with Crippen molar-refractivity contribution in [3.05, 3.63) is 200 Å². The van der Waals surface area contributed by atoms with Crippen molar-refractivity contribution in [1.82, 2.24) is 49.0 Å². The minimum Gasteiger partial charge on any atom is -1.00 e. The number of hydrogen-bond acceptors (Lipinski definition) is 13. The van der Waals surface area contributed by atoms with Gasteiger partial charge in [-0.25, -0.2) is 19.0 Å². The number of para-hydroxylation sites is 2. The van der Waals surface area contributed by atoms with Crippen LogP contribution in [0.1, 0.15) is 71.9 Å². The number of nitrogens with two attached hydrogens (primary N) is 2. The van der Waals surface area contributed by atoms with E-state index < -0.39 is 32.0 Å². The van der Waals surface area contributed by atoms with Crippen LogP contribution in [0.2, 0.25) is 30.7 Å². The van der Waals surface area contributed by atoms with Crippen LogP contribution in [-0.4, -0.2) is 64.7 Å². The molecule has 0 aliphatic carbocycles. The summed E-state index contributed by atoms with van der Waals surface area (Å²) in [6.45, 7) is 12.0. The number of nitrogen functional groups attached to an aromatic ring is 2. The molecule has 0 saturated heterocycles. The second-order valence-electron chi connectivity index (χ2n) is 18.8. The summed E-state index contributed by atoms with van der Waals surface area (Å²) in [6, 6.07) is 36.5. The molecule has 0 unspecified atom stereocenters. The summed E-state index contributed by atoms with van der Waals surface area (Å²) >= 11 is 6.37. The Kier molecular flexibility index (Phi) is 24.9. The molecule has 402 valence electrons. The fourth-order valence-electron chi connectivity index (χ4n) is 8.52. The number of benzene rings is 4. The average Bonchev–Trinajstić information content (AvgIpc) is 4.12. The van der Waals surface area contributed by atoms with E-state index >= 15 is 0 Å². The molecule has 2 amide bonds. The van der Waals surface area contributed by atoms with Crippen LogP contribution in [0.5, 0.6) is 0 Å². The molecule has 10 rings (SSSR count). The molecule has 0 bridgehead atoms. The van der Waals surface area contributed by atoms with E-state index in [0.717, 1.165) is 11.4 Å². The zero-order valence-electron chi connectivity index (χ0n) is 46.8. The largest absolute Gasteiger partial charge is 1.00 e. The fourth-order valence-corrected chi connectivity index (χ4v) is 9.39. The number of aromatic nitrogens is 8. The Morgan fingerprint density at radius 1 is 0.728 bits per heavy atom. The molecule has 0 aliphatic heterocycles. The van der Waals surface area contributed by atoms with E-state index in [9.17, 15) is 19.2 Å². The molecule has 4 aromatic carbocycles. The Labute approximate surface area is 591 Å². The molecule has 10 aromatic rings. The van der Waals surface area contributed by atoms with Gasteiger partial charge in [0.05, 0.1) is 36.0 Å². The molecule has 6 aromatic heterocycles. The van der Waals surface area contributed by atoms with Crippen LogP contribution >= 0.6 is 11.6 Å². The van der Waals surface area contributed by atoms with Gasteiger partial charge in [0.25, 0.3) is 29.4 Å². The maximum atomic E-state index is 13.8. The van der Waals surface area contributed by atoms with Gasteiger partial charge in [-0.3, -0.25) is 33.1 Å². The minimum atomic E-state index is -0.893. The molecule has 19 nitrogen and oxygen atoms in total. The molecule has 2 atom stereocenters. The number of terminal acetylenes is 1. The Balaban J connectivity index is 0.000000290. The van der Waals surface area contributed by atoms with E-state index in [1.165, 1.54) is 9.03 Å². The maximum absolute atomic E-state index is 13.8. The molecule has 6 heterocycles. The van der Waals surface area contributed by atoms with Gasteiger partial charge in [0.15, 0.2) is 22.9 Å². The molecule has 0 fully saturated rings. The molecule has 6 N–H and O–H groups in total. The van der Waals surface area contributed by atoms with Gasteiger partial charge in [-0.05, 0) is 92.2 Å². The second-order valence-corrected chi connectivity index (χ2v) is 24.6. The second kappa shape index (κ2) is 30.5. The SMILES string of the molecule is C#CC[Si](C)(C)C.CC#Cc1cccc2cc([C@H](C)NC(=O)c3c(N)nn4cccnc34)n(-c3ccccc3)c(=O)c12.C[C@H](NC(=O)c1c(N)nn2cccnc12)c1cc2cccc(Cl)c2c(=O)n1-c1ccccc1.O=CO[O-].[Cs+].[Cs+].[H-]. The topological polar surface area (TPSA) is 264 Å². The number of carbonyl (C=O) groups excluding carboxylic acids is 3. The number of rotatable bonds is 10. The first-order chi connectivity index (χ1) is 37.9. The zero-order valence-corrected chi connectivity index (χ0v) is 60.2. The van der Waals surface area contributed by atoms with E-state index in [2.05, 4.69) is 73.1 Å². The van der Waals surface area contributed by atoms with Crippen molar-refractivity contribution in [2.24, 2.45) is 0 Å². The molecule has 0 saturated carbocycles. The molecule has 23 heteroatoms. The van der Waals surface area contributed by atoms with Crippen molar-refractivity contribution in [1.29, 1.82) is 0 Å². The summed E-state index contributed by atoms with van der Waals surface area (Å²) in [7, 11) is -0.893. The van der Waals surface area contributed by atoms with Crippen molar-refractivity contribution in [2.75, 3.05) is 11.5 Å². The third kappa shape index (κ3) is 15.9. The summed E-state index contributed by atoms with van der Waals surface area (Å²) in [5.74, 6) is 7.86. The van der Waals surface area contributed by atoms with Crippen molar-refractivity contribution in [3.8, 4) is 35.6 Å². The number of hydrogen-bond donors (Lipinski definition) is 4. The van der Waals surface area contributed by atoms with E-state index in [1.54, 1.807) is 72.0 Å². The molecule has 0 radical (unpaired) electrons. The number of anilines is 2. The predicted octanol–water partition coefficient (Wildman–Crippen LogP) is 1.75. The van der Waals surface area contributed by atoms with Crippen LogP contribution in [0.25, 0.3) is 44.2 Å². The molecule has 81 heavy (non-hydrogen) atoms. The van der Waals surface area contributed by atoms with Crippen LogP contribution in [0.4, 0.5) is 11.6 Å². The molecular weight excluding hydrogens is 1310 g/mol. The van der Waals surface area contributed by atoms with Crippen LogP contribution in [0.15, 0.2) is 156 Å². The number of nitrogens with one attached hydrogen (secondary N) is 2. The number of halogens is 1. The normalized spacial score (nSPS) is 11.2. The third-order valence-corrected chi connectivity index (χ3v) is 13.5. The Hall–Kier alpha value is -5.76. The standard InChI is InChI=1S/C27H22N6O2.C24H19ClN6O2.C6H12Si.CH2O3.2Cs.H/c1-3-9-18-10-7-11-19-16-21(33(27(35)22(18)19)20-12-5-4-6-13-20)17(2)30-26(34)23-24(28)31-32-15-8-14-29-25(23)32;1-14(28-23(32)20-21(26)29-30-12-6-11-27-22(20)30)18-13-15-7-5-10-17(25)19(15)24(33)31(18)16-8-3-2-4-9-16;1-5-6-7(2,3)4;2-1-4-3;;;/h4-8,10-17H,1-2H3,(H2,28,31)(H,30,34);2-14H,1H3,(H2,26,29)(H,28,32);1H,6H2,2-4H3;1,3H;;;/q;;;;2*+1;-1/p-1/t17-;14-;;;;;/m00...../s1. The van der Waals surface area contributed by atoms with Gasteiger partial charge >= 0.3 is 138 Å². The smallest absolute Gasteiger partial charge is 1.00 e. The van der Waals surface area contributed by atoms with Gasteiger partial charge in [0.2, 0.25) is 0 Å². The zero-order chi connectivity index (χ0) is 57.0. The maximum Gasteiger partial charge on any atom is 1.00 e. The first-order valence-electron chi connectivity index (χ1n) is 24.4. The van der Waals surface area contributed by atoms with Gasteiger partial charge in [0, 0.05) is 59.2 Å². The van der Waals surface area contributed by atoms with Gasteiger partial charge < -0.3 is 33.7 Å². The van der Waals surface area contributed by atoms with Crippen molar-refractivity contribution >= 4 is 82.4 Å². The van der Waals surface area contributed by atoms with Crippen molar-refractivity contribution < 1.29 is 164 Å². The number of pyridine rings is 2. The van der Waals surface area contributed by atoms with E-state index in [4.69, 9.17) is 39.5 Å². The van der Waals surface area contributed by atoms with E-state index in [0.29, 0.717) is 60.8 Å². The summed E-state index contributed by atoms with van der Waals surface area (Å²) in [5.41, 5.74) is 15.9. The monoisotopic (exact) mass is 1360 g/mol. The predicted molar refractivity (Wildman–Crippen MR) is 308 cm³/mol. The van der Waals surface area contributed by atoms with Gasteiger partial charge in [-0.2, -0.15) is 0 Å². The molecular formula is C58H55ClCs2N12O7Si. The van der Waals surface area contributed by atoms with Crippen LogP contribution < -0.4 is 176 Å². The first kappa shape index (κ1) is 66.0. The summed E-state index contributed by atoms with van der Waals surface area (Å²) in [5, 5.41) is 25.4. The number of fused-ring (bicyclic) bond motifs is 4. The average molecular weight is 1360 g/mol. The molecule has 0 aliphatic rings. The van der Waals surface area contributed by atoms with Crippen molar-refractivity contribution in [2.45, 2.75) is 58.5 Å². The Morgan fingerprint density at radius 2 is 1.16 bits per heavy atom. The Morgan fingerprint density at radius 3 is 1.57 bits per heavy atom. The van der Waals surface area contributed by atoms with Gasteiger partial charge in [-0.15, -0.1) is 28.5 Å². The van der Waals surface area contributed by atoms with Crippen molar-refractivity contribution in [3.63, 3.8) is 0 Å². The van der Waals surface area contributed by atoms with Crippen LogP contribution in [0.3, 0.4) is 0 Å². The summed E-state index contributed by atoms with van der Waals surface area (Å²) in [4.78, 5) is 73.5. The fraction of sp³-hybridized carbons (Fsp3) is 0.155. The third-order valence-electron chi connectivity index (χ3n) is 11.9. The van der Waals surface area contributed by atoms with Gasteiger partial charge in [0.1, 0.15) is 11.1 Å². The minimum absolute atomic E-state index is 0. The van der Waals surface area contributed by atoms with Crippen LogP contribution in [0, 0.1) is 24.2 Å². The van der Waals surface area contributed by atoms with E-state index in [-0.39, 0.29) is 180 Å². The van der Waals surface area contributed by atoms with E-state index in [1.807, 2.05) is 104 Å². The Bertz CT molecular complexity index is 4120. The van der Waals surface area contributed by atoms with Gasteiger partial charge in [-0.1, -0.05) is 97.8 Å². The summed E-state index contributed by atoms with van der Waals surface area (Å²) < 4.78 is 6.09.